The van der Waals surface area contributed by atoms with Crippen LogP contribution in [0.2, 0.25) is 0 Å². The molecule has 0 atom stereocenters. The van der Waals surface area contributed by atoms with Crippen LogP contribution in [0.1, 0.15) is 0 Å². The van der Waals surface area contributed by atoms with Crippen molar-refractivity contribution >= 4 is 98.8 Å². The maximum Gasteiger partial charge on any atom is 0.124 e. The van der Waals surface area contributed by atoms with E-state index in [1.165, 1.54) is 30.9 Å². The van der Waals surface area contributed by atoms with E-state index in [2.05, 4.69) is 228 Å². The highest BCUT2D eigenvalue weighted by Gasteiger charge is 2.19. The Labute approximate surface area is 379 Å². The van der Waals surface area contributed by atoms with Gasteiger partial charge in [-0.15, -0.1) is 22.7 Å². The number of anilines is 6. The second-order valence-electron chi connectivity index (χ2n) is 15.8. The second-order valence-corrected chi connectivity index (χ2v) is 17.9. The molecule has 302 valence electrons. The Balaban J connectivity index is 0.887. The number of hydrogen-bond donors (Lipinski definition) is 0. The summed E-state index contributed by atoms with van der Waals surface area (Å²) in [6, 6.07) is 82.5. The van der Waals surface area contributed by atoms with Gasteiger partial charge in [-0.1, -0.05) is 121 Å². The zero-order valence-corrected chi connectivity index (χ0v) is 36.2. The molecule has 12 rings (SSSR count). The standard InChI is InChI=1S/C58H38N4S2/c1-3-15-49-41(11-1)13-9-19-53(49)61(47-35-27-43(28-36-47)57-59-51-17-5-7-21-55(51)63-57)45-31-23-39(24-32-45)40-25-33-46(34-26-40)62(54-20-10-14-42-12-2-4-16-50(42)54)48-37-29-44(30-38-48)58-60-52-18-6-8-22-56(52)64-58/h1-38H. The van der Waals surface area contributed by atoms with Gasteiger partial charge in [-0.25, -0.2) is 9.97 Å². The highest BCUT2D eigenvalue weighted by atomic mass is 32.1. The minimum atomic E-state index is 1.03. The van der Waals surface area contributed by atoms with Crippen LogP contribution in [0, 0.1) is 0 Å². The van der Waals surface area contributed by atoms with Crippen molar-refractivity contribution in [3.63, 3.8) is 0 Å². The molecule has 10 aromatic carbocycles. The third kappa shape index (κ3) is 6.95. The number of nitrogens with zero attached hydrogens (tertiary/aromatic N) is 4. The van der Waals surface area contributed by atoms with E-state index in [9.17, 15) is 0 Å². The minimum Gasteiger partial charge on any atom is -0.310 e. The van der Waals surface area contributed by atoms with E-state index in [1.807, 2.05) is 12.1 Å². The third-order valence-electron chi connectivity index (χ3n) is 11.9. The van der Waals surface area contributed by atoms with Crippen molar-refractivity contribution in [1.82, 2.24) is 9.97 Å². The predicted octanol–water partition coefficient (Wildman–Crippen LogP) is 17.2. The van der Waals surface area contributed by atoms with E-state index >= 15 is 0 Å². The third-order valence-corrected chi connectivity index (χ3v) is 14.1. The molecule has 0 spiro atoms. The number of hydrogen-bond acceptors (Lipinski definition) is 6. The van der Waals surface area contributed by atoms with Crippen LogP contribution >= 0.6 is 22.7 Å². The fourth-order valence-corrected chi connectivity index (χ4v) is 10.7. The van der Waals surface area contributed by atoms with Gasteiger partial charge < -0.3 is 9.80 Å². The van der Waals surface area contributed by atoms with Gasteiger partial charge in [-0.2, -0.15) is 0 Å². The summed E-state index contributed by atoms with van der Waals surface area (Å²) in [6.45, 7) is 0. The summed E-state index contributed by atoms with van der Waals surface area (Å²) in [7, 11) is 0. The molecule has 0 aliphatic rings. The molecule has 0 aliphatic heterocycles. The summed E-state index contributed by atoms with van der Waals surface area (Å²) in [5, 5.41) is 6.85. The largest absolute Gasteiger partial charge is 0.310 e. The van der Waals surface area contributed by atoms with E-state index in [0.717, 1.165) is 77.4 Å². The average Bonchev–Trinajstić information content (AvgIpc) is 4.01. The molecule has 64 heavy (non-hydrogen) atoms. The molecule has 0 unspecified atom stereocenters. The molecular weight excluding hydrogens is 817 g/mol. The summed E-state index contributed by atoms with van der Waals surface area (Å²) in [6.07, 6.45) is 0. The molecule has 0 N–H and O–H groups in total. The summed E-state index contributed by atoms with van der Waals surface area (Å²) >= 11 is 3.46. The van der Waals surface area contributed by atoms with Crippen LogP contribution in [0.3, 0.4) is 0 Å². The number of rotatable bonds is 9. The van der Waals surface area contributed by atoms with Crippen molar-refractivity contribution in [2.75, 3.05) is 9.80 Å². The van der Waals surface area contributed by atoms with Gasteiger partial charge in [0.25, 0.3) is 0 Å². The van der Waals surface area contributed by atoms with Crippen LogP contribution in [-0.4, -0.2) is 9.97 Å². The highest BCUT2D eigenvalue weighted by molar-refractivity contribution is 7.22. The van der Waals surface area contributed by atoms with E-state index < -0.39 is 0 Å². The predicted molar refractivity (Wildman–Crippen MR) is 273 cm³/mol. The summed E-state index contributed by atoms with van der Waals surface area (Å²) < 4.78 is 2.39. The zero-order chi connectivity index (χ0) is 42.4. The van der Waals surface area contributed by atoms with Gasteiger partial charge >= 0.3 is 0 Å². The van der Waals surface area contributed by atoms with Crippen LogP contribution in [0.25, 0.3) is 74.2 Å². The molecule has 2 heterocycles. The topological polar surface area (TPSA) is 32.3 Å². The smallest absolute Gasteiger partial charge is 0.124 e. The minimum absolute atomic E-state index is 1.03. The number of fused-ring (bicyclic) bond motifs is 4. The van der Waals surface area contributed by atoms with Crippen molar-refractivity contribution in [2.24, 2.45) is 0 Å². The van der Waals surface area contributed by atoms with Gasteiger partial charge in [-0.05, 0) is 131 Å². The Morgan fingerprint density at radius 1 is 0.281 bits per heavy atom. The van der Waals surface area contributed by atoms with Gasteiger partial charge in [0, 0.05) is 44.6 Å². The molecule has 0 saturated carbocycles. The number of thiazole rings is 2. The first-order valence-corrected chi connectivity index (χ1v) is 23.0. The van der Waals surface area contributed by atoms with Crippen molar-refractivity contribution in [3.8, 4) is 32.3 Å². The summed E-state index contributed by atoms with van der Waals surface area (Å²) in [5.41, 5.74) is 13.2. The van der Waals surface area contributed by atoms with Crippen molar-refractivity contribution in [1.29, 1.82) is 0 Å². The molecule has 2 aromatic heterocycles. The fourth-order valence-electron chi connectivity index (χ4n) is 8.76. The zero-order valence-electron chi connectivity index (χ0n) is 34.5. The molecule has 0 aliphatic carbocycles. The normalized spacial score (nSPS) is 11.4. The quantitative estimate of drug-likeness (QED) is 0.145. The maximum atomic E-state index is 4.93. The number of aromatic nitrogens is 2. The highest BCUT2D eigenvalue weighted by Crippen LogP contribution is 2.43. The van der Waals surface area contributed by atoms with Crippen LogP contribution in [0.15, 0.2) is 231 Å². The first-order valence-electron chi connectivity index (χ1n) is 21.4. The Bertz CT molecular complexity index is 3290. The van der Waals surface area contributed by atoms with Crippen LogP contribution < -0.4 is 9.80 Å². The second kappa shape index (κ2) is 16.1. The van der Waals surface area contributed by atoms with Gasteiger partial charge in [0.2, 0.25) is 0 Å². The molecule has 12 aromatic rings. The first-order chi connectivity index (χ1) is 31.7. The lowest BCUT2D eigenvalue weighted by atomic mass is 10.0. The summed E-state index contributed by atoms with van der Waals surface area (Å²) in [4.78, 5) is 14.6. The number of benzene rings is 10. The molecular formula is C58H38N4S2. The number of para-hydroxylation sites is 2. The Hall–Kier alpha value is -7.90. The van der Waals surface area contributed by atoms with Crippen molar-refractivity contribution < 1.29 is 0 Å². The lowest BCUT2D eigenvalue weighted by Crippen LogP contribution is -2.10. The van der Waals surface area contributed by atoms with Crippen molar-refractivity contribution in [3.05, 3.63) is 231 Å². The van der Waals surface area contributed by atoms with E-state index in [-0.39, 0.29) is 0 Å². The van der Waals surface area contributed by atoms with E-state index in [0.29, 0.717) is 0 Å². The van der Waals surface area contributed by atoms with Gasteiger partial charge in [0.05, 0.1) is 31.8 Å². The lowest BCUT2D eigenvalue weighted by molar-refractivity contribution is 1.29. The fraction of sp³-hybridized carbons (Fsp3) is 0. The van der Waals surface area contributed by atoms with Gasteiger partial charge in [0.1, 0.15) is 10.0 Å². The van der Waals surface area contributed by atoms with Crippen LogP contribution in [0.5, 0.6) is 0 Å². The lowest BCUT2D eigenvalue weighted by Gasteiger charge is -2.27. The Morgan fingerprint density at radius 2 is 0.609 bits per heavy atom. The summed E-state index contributed by atoms with van der Waals surface area (Å²) in [5.74, 6) is 0. The monoisotopic (exact) mass is 854 g/mol. The van der Waals surface area contributed by atoms with Gasteiger partial charge in [-0.3, -0.25) is 0 Å². The van der Waals surface area contributed by atoms with E-state index in [4.69, 9.17) is 9.97 Å². The Kier molecular flexibility index (Phi) is 9.51. The van der Waals surface area contributed by atoms with Crippen molar-refractivity contribution in [2.45, 2.75) is 0 Å². The van der Waals surface area contributed by atoms with E-state index in [1.54, 1.807) is 22.7 Å². The molecule has 6 heteroatoms. The molecule has 0 fully saturated rings. The molecule has 4 nitrogen and oxygen atoms in total. The van der Waals surface area contributed by atoms with Crippen LogP contribution in [-0.2, 0) is 0 Å². The SMILES string of the molecule is c1ccc2c(N(c3ccc(-c4ccc(N(c5ccc(-c6nc7ccccc7s6)cc5)c5cccc6ccccc56)cc4)cc3)c3ccc(-c4nc5ccccc5s4)cc3)cccc2c1. The maximum absolute atomic E-state index is 4.93. The first kappa shape index (κ1) is 37.8. The average molecular weight is 855 g/mol. The molecule has 0 saturated heterocycles. The molecule has 0 bridgehead atoms. The van der Waals surface area contributed by atoms with Crippen LogP contribution in [0.4, 0.5) is 34.1 Å². The molecule has 0 radical (unpaired) electrons. The Morgan fingerprint density at radius 3 is 1.00 bits per heavy atom. The van der Waals surface area contributed by atoms with Gasteiger partial charge in [0.15, 0.2) is 0 Å². The molecule has 0 amide bonds.